The zero-order valence-corrected chi connectivity index (χ0v) is 19.4. The van der Waals surface area contributed by atoms with Gasteiger partial charge in [-0.1, -0.05) is 24.6 Å². The van der Waals surface area contributed by atoms with E-state index in [0.29, 0.717) is 18.2 Å². The van der Waals surface area contributed by atoms with Crippen molar-refractivity contribution in [2.24, 2.45) is 0 Å². The summed E-state index contributed by atoms with van der Waals surface area (Å²) in [4.78, 5) is 38.6. The van der Waals surface area contributed by atoms with E-state index in [1.165, 1.54) is 4.90 Å². The molecule has 2 rings (SSSR count). The van der Waals surface area contributed by atoms with Crippen LogP contribution in [0.15, 0.2) is 36.4 Å². The molecule has 1 unspecified atom stereocenters. The molecule has 2 N–H and O–H groups in total. The summed E-state index contributed by atoms with van der Waals surface area (Å²) in [7, 11) is 0. The molecule has 0 saturated carbocycles. The third-order valence-electron chi connectivity index (χ3n) is 4.60. The van der Waals surface area contributed by atoms with E-state index in [0.717, 1.165) is 23.4 Å². The maximum Gasteiger partial charge on any atom is 0.244 e. The summed E-state index contributed by atoms with van der Waals surface area (Å²) in [5, 5.41) is 4.29. The van der Waals surface area contributed by atoms with Crippen molar-refractivity contribution in [1.82, 2.24) is 4.90 Å². The Morgan fingerprint density at radius 3 is 2.27 bits per heavy atom. The molecule has 0 saturated heterocycles. The van der Waals surface area contributed by atoms with Crippen molar-refractivity contribution in [3.63, 3.8) is 0 Å². The predicted molar refractivity (Wildman–Crippen MR) is 124 cm³/mol. The molecule has 6 nitrogen and oxygen atoms in total. The Bertz CT molecular complexity index is 1000. The van der Waals surface area contributed by atoms with Crippen LogP contribution in [0.1, 0.15) is 25.8 Å². The van der Waals surface area contributed by atoms with Crippen LogP contribution >= 0.6 is 11.8 Å². The molecular weight excluding hydrogens is 455 g/mol. The summed E-state index contributed by atoms with van der Waals surface area (Å²) in [6.45, 7) is 5.24. The van der Waals surface area contributed by atoms with E-state index in [-0.39, 0.29) is 24.1 Å². The number of carbonyl (C=O) groups excluding carboxylic acids is 3. The first-order valence-corrected chi connectivity index (χ1v) is 11.4. The Morgan fingerprint density at radius 2 is 1.64 bits per heavy atom. The Kier molecular flexibility index (Phi) is 9.77. The van der Waals surface area contributed by atoms with Crippen molar-refractivity contribution in [2.45, 2.75) is 32.4 Å². The number of thioether (sulfide) groups is 1. The lowest BCUT2D eigenvalue weighted by atomic mass is 10.2. The van der Waals surface area contributed by atoms with Gasteiger partial charge < -0.3 is 15.5 Å². The number of amides is 3. The van der Waals surface area contributed by atoms with Crippen LogP contribution in [0, 0.1) is 24.4 Å². The average molecular weight is 482 g/mol. The molecule has 1 atom stereocenters. The lowest BCUT2D eigenvalue weighted by Crippen LogP contribution is -2.42. The van der Waals surface area contributed by atoms with Crippen molar-refractivity contribution in [1.29, 1.82) is 0 Å². The van der Waals surface area contributed by atoms with Gasteiger partial charge in [-0.25, -0.2) is 13.2 Å². The average Bonchev–Trinajstić information content (AvgIpc) is 2.78. The van der Waals surface area contributed by atoms with Crippen molar-refractivity contribution in [3.8, 4) is 0 Å². The fourth-order valence-electron chi connectivity index (χ4n) is 2.89. The number of rotatable bonds is 10. The smallest absolute Gasteiger partial charge is 0.244 e. The highest BCUT2D eigenvalue weighted by Gasteiger charge is 2.24. The van der Waals surface area contributed by atoms with Gasteiger partial charge in [-0.3, -0.25) is 14.4 Å². The first-order chi connectivity index (χ1) is 15.6. The van der Waals surface area contributed by atoms with Gasteiger partial charge in [0.2, 0.25) is 17.7 Å². The summed E-state index contributed by atoms with van der Waals surface area (Å²) >= 11 is 1.12. The van der Waals surface area contributed by atoms with Crippen LogP contribution in [0.2, 0.25) is 0 Å². The third kappa shape index (κ3) is 7.81. The van der Waals surface area contributed by atoms with Gasteiger partial charge >= 0.3 is 0 Å². The molecule has 178 valence electrons. The van der Waals surface area contributed by atoms with Crippen LogP contribution in [0.5, 0.6) is 0 Å². The molecule has 10 heteroatoms. The van der Waals surface area contributed by atoms with Crippen molar-refractivity contribution < 1.29 is 27.6 Å². The Morgan fingerprint density at radius 1 is 0.970 bits per heavy atom. The van der Waals surface area contributed by atoms with E-state index in [1.807, 2.05) is 26.0 Å². The zero-order valence-electron chi connectivity index (χ0n) is 18.6. The topological polar surface area (TPSA) is 78.5 Å². The number of anilines is 2. The van der Waals surface area contributed by atoms with Crippen LogP contribution in [0.4, 0.5) is 24.5 Å². The predicted octanol–water partition coefficient (Wildman–Crippen LogP) is 4.35. The second-order valence-corrected chi connectivity index (χ2v) is 8.73. The summed E-state index contributed by atoms with van der Waals surface area (Å²) in [6.07, 6.45) is 0.559. The van der Waals surface area contributed by atoms with Crippen LogP contribution < -0.4 is 10.6 Å². The van der Waals surface area contributed by atoms with Gasteiger partial charge in [-0.2, -0.15) is 0 Å². The van der Waals surface area contributed by atoms with E-state index in [4.69, 9.17) is 0 Å². The van der Waals surface area contributed by atoms with E-state index in [9.17, 15) is 27.6 Å². The fourth-order valence-corrected chi connectivity index (χ4v) is 3.65. The van der Waals surface area contributed by atoms with Gasteiger partial charge in [0.15, 0.2) is 17.5 Å². The lowest BCUT2D eigenvalue weighted by molar-refractivity contribution is -0.134. The molecule has 2 aromatic rings. The van der Waals surface area contributed by atoms with Crippen LogP contribution in [0.3, 0.4) is 0 Å². The van der Waals surface area contributed by atoms with Crippen molar-refractivity contribution >= 4 is 40.9 Å². The quantitative estimate of drug-likeness (QED) is 0.495. The molecule has 0 radical (unpaired) electrons. The van der Waals surface area contributed by atoms with Crippen LogP contribution in [-0.4, -0.2) is 46.7 Å². The van der Waals surface area contributed by atoms with E-state index >= 15 is 0 Å². The molecule has 0 spiro atoms. The lowest BCUT2D eigenvalue weighted by Gasteiger charge is -2.24. The number of halogens is 3. The minimum absolute atomic E-state index is 0.0347. The van der Waals surface area contributed by atoms with Gasteiger partial charge in [0, 0.05) is 12.2 Å². The molecule has 0 aliphatic heterocycles. The fraction of sp³-hybridized carbons (Fsp3) is 0.348. The summed E-state index contributed by atoms with van der Waals surface area (Å²) in [5.74, 6) is -5.93. The van der Waals surface area contributed by atoms with Gasteiger partial charge in [-0.05, 0) is 44.5 Å². The third-order valence-corrected chi connectivity index (χ3v) is 5.73. The molecule has 0 aromatic heterocycles. The number of benzene rings is 2. The SMILES string of the molecule is CCCN(CC(=O)Nc1ccc(F)c(F)c1F)C(=O)C(C)SCC(=O)Nc1ccc(C)cc1. The highest BCUT2D eigenvalue weighted by molar-refractivity contribution is 8.01. The highest BCUT2D eigenvalue weighted by atomic mass is 32.2. The molecule has 2 aromatic carbocycles. The number of hydrogen-bond donors (Lipinski definition) is 2. The Labute approximate surface area is 194 Å². The molecule has 3 amide bonds. The van der Waals surface area contributed by atoms with Crippen LogP contribution in [-0.2, 0) is 14.4 Å². The maximum atomic E-state index is 13.8. The first kappa shape index (κ1) is 26.2. The minimum atomic E-state index is -1.69. The molecule has 0 aliphatic rings. The van der Waals surface area contributed by atoms with Crippen LogP contribution in [0.25, 0.3) is 0 Å². The largest absolute Gasteiger partial charge is 0.332 e. The summed E-state index contributed by atoms with van der Waals surface area (Å²) in [6, 6.07) is 8.91. The molecular formula is C23H26F3N3O3S. The van der Waals surface area contributed by atoms with Crippen molar-refractivity contribution in [2.75, 3.05) is 29.5 Å². The van der Waals surface area contributed by atoms with Crippen molar-refractivity contribution in [3.05, 3.63) is 59.4 Å². The van der Waals surface area contributed by atoms with E-state index < -0.39 is 40.8 Å². The number of carbonyl (C=O) groups is 3. The second kappa shape index (κ2) is 12.3. The van der Waals surface area contributed by atoms with Gasteiger partial charge in [0.05, 0.1) is 23.2 Å². The van der Waals surface area contributed by atoms with Gasteiger partial charge in [0.1, 0.15) is 0 Å². The number of aryl methyl sites for hydroxylation is 1. The number of hydrogen-bond acceptors (Lipinski definition) is 4. The van der Waals surface area contributed by atoms with E-state index in [2.05, 4.69) is 10.6 Å². The van der Waals surface area contributed by atoms with Gasteiger partial charge in [0.25, 0.3) is 0 Å². The Balaban J connectivity index is 1.91. The molecule has 0 fully saturated rings. The molecule has 33 heavy (non-hydrogen) atoms. The second-order valence-electron chi connectivity index (χ2n) is 7.40. The Hall–Kier alpha value is -3.01. The standard InChI is InChI=1S/C23H26F3N3O3S/c1-4-11-29(12-19(30)28-18-10-9-17(24)21(25)22(18)26)23(32)15(3)33-13-20(31)27-16-7-5-14(2)6-8-16/h5-10,15H,4,11-13H2,1-3H3,(H,27,31)(H,28,30). The first-order valence-electron chi connectivity index (χ1n) is 10.3. The summed E-state index contributed by atoms with van der Waals surface area (Å²) < 4.78 is 40.2. The summed E-state index contributed by atoms with van der Waals surface area (Å²) in [5.41, 5.74) is 1.20. The zero-order chi connectivity index (χ0) is 24.5. The molecule has 0 heterocycles. The normalized spacial score (nSPS) is 11.6. The molecule has 0 aliphatic carbocycles. The monoisotopic (exact) mass is 481 g/mol. The minimum Gasteiger partial charge on any atom is -0.332 e. The van der Waals surface area contributed by atoms with Gasteiger partial charge in [-0.15, -0.1) is 11.8 Å². The maximum absolute atomic E-state index is 13.8. The number of nitrogens with one attached hydrogen (secondary N) is 2. The molecule has 0 bridgehead atoms. The number of nitrogens with zero attached hydrogens (tertiary/aromatic N) is 1. The highest BCUT2D eigenvalue weighted by Crippen LogP contribution is 2.20. The van der Waals surface area contributed by atoms with E-state index in [1.54, 1.807) is 19.1 Å².